The molecule has 0 aliphatic rings. The molecule has 0 rings (SSSR count). The molecule has 0 spiro atoms. The minimum Gasteiger partial charge on any atom is -0.472 e. The van der Waals surface area contributed by atoms with Crippen molar-refractivity contribution < 1.29 is 28.6 Å². The first-order valence-electron chi connectivity index (χ1n) is 2.90. The maximum atomic E-state index is 11.1. The molecule has 1 N–H and O–H groups in total. The van der Waals surface area contributed by atoms with Gasteiger partial charge in [-0.3, -0.25) is 4.79 Å². The SMILES string of the molecule is C#CC(=O)O.CC(=O)OC(=O)CF. The Balaban J connectivity index is 0. The standard InChI is InChI=1S/C4H5FO3.C3H2O2/c1-3(6)8-4(7)2-5;1-2-3(4)5/h2H2,1H3;1H,(H,4,5). The summed E-state index contributed by atoms with van der Waals surface area (Å²) in [6, 6.07) is 0. The molecule has 0 aliphatic heterocycles. The molecule has 5 nitrogen and oxygen atoms in total. The van der Waals surface area contributed by atoms with E-state index in [2.05, 4.69) is 11.2 Å². The monoisotopic (exact) mass is 190 g/mol. The molecule has 0 radical (unpaired) electrons. The number of terminal acetylenes is 1. The average Bonchev–Trinajstić information content (AvgIpc) is 2.04. The zero-order valence-electron chi connectivity index (χ0n) is 6.74. The number of alkyl halides is 1. The number of esters is 2. The van der Waals surface area contributed by atoms with Gasteiger partial charge in [-0.1, -0.05) is 0 Å². The highest BCUT2D eigenvalue weighted by Gasteiger charge is 2.02. The molecule has 0 amide bonds. The van der Waals surface area contributed by atoms with E-state index in [9.17, 15) is 14.0 Å². The number of halogens is 1. The van der Waals surface area contributed by atoms with Gasteiger partial charge in [0, 0.05) is 12.8 Å². The van der Waals surface area contributed by atoms with Gasteiger partial charge in [0.15, 0.2) is 6.67 Å². The van der Waals surface area contributed by atoms with Gasteiger partial charge in [-0.2, -0.15) is 0 Å². The van der Waals surface area contributed by atoms with Crippen molar-refractivity contribution in [3.05, 3.63) is 0 Å². The molecule has 13 heavy (non-hydrogen) atoms. The van der Waals surface area contributed by atoms with E-state index in [0.717, 1.165) is 6.92 Å². The maximum absolute atomic E-state index is 11.1. The molecule has 0 atom stereocenters. The fraction of sp³-hybridized carbons (Fsp3) is 0.286. The number of hydrogen-bond donors (Lipinski definition) is 1. The highest BCUT2D eigenvalue weighted by atomic mass is 19.1. The predicted molar refractivity (Wildman–Crippen MR) is 39.2 cm³/mol. The van der Waals surface area contributed by atoms with Crippen molar-refractivity contribution in [2.24, 2.45) is 0 Å². The Bertz CT molecular complexity index is 240. The number of rotatable bonds is 1. The van der Waals surface area contributed by atoms with Crippen LogP contribution in [-0.4, -0.2) is 29.7 Å². The fourth-order valence-electron chi connectivity index (χ4n) is 0.188. The number of ether oxygens (including phenoxy) is 1. The Labute approximate surface area is 73.5 Å². The summed E-state index contributed by atoms with van der Waals surface area (Å²) in [6.45, 7) is -0.215. The van der Waals surface area contributed by atoms with Crippen molar-refractivity contribution in [3.8, 4) is 12.3 Å². The predicted octanol–water partition coefficient (Wildman–Crippen LogP) is -0.250. The van der Waals surface area contributed by atoms with Gasteiger partial charge in [0.1, 0.15) is 0 Å². The molecule has 0 fully saturated rings. The van der Waals surface area contributed by atoms with E-state index in [4.69, 9.17) is 9.90 Å². The number of aliphatic carboxylic acids is 1. The van der Waals surface area contributed by atoms with Crippen molar-refractivity contribution in [2.45, 2.75) is 6.92 Å². The minimum atomic E-state index is -1.25. The van der Waals surface area contributed by atoms with E-state index in [1.54, 1.807) is 0 Å². The Morgan fingerprint density at radius 2 is 1.92 bits per heavy atom. The molecule has 0 saturated heterocycles. The lowest BCUT2D eigenvalue weighted by Gasteiger charge is -1.90. The Morgan fingerprint density at radius 1 is 1.54 bits per heavy atom. The van der Waals surface area contributed by atoms with Crippen molar-refractivity contribution in [1.29, 1.82) is 0 Å². The van der Waals surface area contributed by atoms with E-state index in [0.29, 0.717) is 0 Å². The number of carbonyl (C=O) groups is 3. The zero-order chi connectivity index (χ0) is 10.9. The normalized spacial score (nSPS) is 7.15. The summed E-state index contributed by atoms with van der Waals surface area (Å²) in [4.78, 5) is 28.7. The number of carboxylic acid groups (broad SMARTS) is 1. The van der Waals surface area contributed by atoms with Crippen molar-refractivity contribution >= 4 is 17.9 Å². The largest absolute Gasteiger partial charge is 0.472 e. The fourth-order valence-corrected chi connectivity index (χ4v) is 0.188. The van der Waals surface area contributed by atoms with E-state index in [1.807, 2.05) is 0 Å². The van der Waals surface area contributed by atoms with Crippen LogP contribution in [0.5, 0.6) is 0 Å². The summed E-state index contributed by atoms with van der Waals surface area (Å²) in [5.74, 6) is -1.70. The second kappa shape index (κ2) is 8.20. The second-order valence-electron chi connectivity index (χ2n) is 1.55. The molecular weight excluding hydrogens is 183 g/mol. The Hall–Kier alpha value is -1.90. The maximum Gasteiger partial charge on any atom is 0.381 e. The lowest BCUT2D eigenvalue weighted by atomic mass is 10.7. The average molecular weight is 190 g/mol. The van der Waals surface area contributed by atoms with Crippen molar-refractivity contribution in [1.82, 2.24) is 0 Å². The van der Waals surface area contributed by atoms with Crippen LogP contribution in [0.1, 0.15) is 6.92 Å². The minimum absolute atomic E-state index is 0.785. The first kappa shape index (κ1) is 13.7. The third-order valence-corrected chi connectivity index (χ3v) is 0.490. The molecule has 0 bridgehead atoms. The van der Waals surface area contributed by atoms with Gasteiger partial charge < -0.3 is 9.84 Å². The molecule has 0 aromatic rings. The van der Waals surface area contributed by atoms with Gasteiger partial charge in [-0.05, 0) is 0 Å². The molecule has 0 heterocycles. The van der Waals surface area contributed by atoms with Gasteiger partial charge in [0.05, 0.1) is 0 Å². The summed E-state index contributed by atoms with van der Waals surface area (Å²) in [5.41, 5.74) is 0. The summed E-state index contributed by atoms with van der Waals surface area (Å²) in [7, 11) is 0. The van der Waals surface area contributed by atoms with Gasteiger partial charge in [-0.25, -0.2) is 14.0 Å². The lowest BCUT2D eigenvalue weighted by Crippen LogP contribution is -2.09. The molecule has 72 valence electrons. The van der Waals surface area contributed by atoms with Gasteiger partial charge in [-0.15, -0.1) is 6.42 Å². The molecular formula is C7H7FO5. The summed E-state index contributed by atoms with van der Waals surface area (Å²) in [5, 5.41) is 7.49. The molecule has 0 saturated carbocycles. The van der Waals surface area contributed by atoms with Crippen LogP contribution in [0.15, 0.2) is 0 Å². The number of carboxylic acids is 1. The quantitative estimate of drug-likeness (QED) is 0.350. The molecule has 6 heteroatoms. The molecule has 0 aliphatic carbocycles. The topological polar surface area (TPSA) is 80.7 Å². The van der Waals surface area contributed by atoms with E-state index < -0.39 is 24.6 Å². The summed E-state index contributed by atoms with van der Waals surface area (Å²) in [6.07, 6.45) is 4.32. The van der Waals surface area contributed by atoms with Gasteiger partial charge >= 0.3 is 17.9 Å². The zero-order valence-corrected chi connectivity index (χ0v) is 6.74. The number of hydrogen-bond acceptors (Lipinski definition) is 4. The lowest BCUT2D eigenvalue weighted by molar-refractivity contribution is -0.158. The smallest absolute Gasteiger partial charge is 0.381 e. The van der Waals surface area contributed by atoms with Crippen LogP contribution < -0.4 is 0 Å². The van der Waals surface area contributed by atoms with E-state index in [-0.39, 0.29) is 0 Å². The van der Waals surface area contributed by atoms with Crippen LogP contribution in [0, 0.1) is 12.3 Å². The third kappa shape index (κ3) is 17.8. The molecule has 0 unspecified atom stereocenters. The Morgan fingerprint density at radius 3 is 2.00 bits per heavy atom. The van der Waals surface area contributed by atoms with Gasteiger partial charge in [0.2, 0.25) is 0 Å². The molecule has 0 aromatic heterocycles. The highest BCUT2D eigenvalue weighted by molar-refractivity contribution is 5.85. The summed E-state index contributed by atoms with van der Waals surface area (Å²) >= 11 is 0. The highest BCUT2D eigenvalue weighted by Crippen LogP contribution is 1.78. The second-order valence-corrected chi connectivity index (χ2v) is 1.55. The van der Waals surface area contributed by atoms with E-state index in [1.165, 1.54) is 5.92 Å². The summed E-state index contributed by atoms with van der Waals surface area (Å²) < 4.78 is 14.9. The van der Waals surface area contributed by atoms with E-state index >= 15 is 0 Å². The number of carbonyl (C=O) groups excluding carboxylic acids is 2. The van der Waals surface area contributed by atoms with Crippen LogP contribution in [0.3, 0.4) is 0 Å². The van der Waals surface area contributed by atoms with Crippen LogP contribution in [0.2, 0.25) is 0 Å². The molecule has 0 aromatic carbocycles. The van der Waals surface area contributed by atoms with Crippen LogP contribution >= 0.6 is 0 Å². The van der Waals surface area contributed by atoms with Gasteiger partial charge in [0.25, 0.3) is 0 Å². The van der Waals surface area contributed by atoms with Crippen molar-refractivity contribution in [3.63, 3.8) is 0 Å². The first-order chi connectivity index (χ1) is 5.93. The van der Waals surface area contributed by atoms with Crippen LogP contribution in [0.4, 0.5) is 4.39 Å². The third-order valence-electron chi connectivity index (χ3n) is 0.490. The first-order valence-corrected chi connectivity index (χ1v) is 2.90. The Kier molecular flexibility index (Phi) is 8.62. The van der Waals surface area contributed by atoms with Crippen LogP contribution in [-0.2, 0) is 19.1 Å². The van der Waals surface area contributed by atoms with Crippen LogP contribution in [0.25, 0.3) is 0 Å². The van der Waals surface area contributed by atoms with Crippen molar-refractivity contribution in [2.75, 3.05) is 6.67 Å².